The van der Waals surface area contributed by atoms with Gasteiger partial charge in [0, 0.05) is 0 Å². The summed E-state index contributed by atoms with van der Waals surface area (Å²) in [6.07, 6.45) is 6.19. The molecular formula is C13H14NO. The van der Waals surface area contributed by atoms with Gasteiger partial charge in [-0.05, 0) is 36.3 Å². The van der Waals surface area contributed by atoms with E-state index in [1.165, 1.54) is 24.0 Å². The molecule has 2 heteroatoms. The van der Waals surface area contributed by atoms with Crippen LogP contribution in [0, 0.1) is 5.92 Å². The Kier molecular flexibility index (Phi) is 2.20. The van der Waals surface area contributed by atoms with Crippen molar-refractivity contribution in [2.75, 3.05) is 6.61 Å². The van der Waals surface area contributed by atoms with Crippen molar-refractivity contribution in [1.82, 2.24) is 0 Å². The monoisotopic (exact) mass is 200 g/mol. The van der Waals surface area contributed by atoms with E-state index in [2.05, 4.69) is 35.7 Å². The van der Waals surface area contributed by atoms with Crippen LogP contribution in [0.4, 0.5) is 0 Å². The Morgan fingerprint density at radius 3 is 2.93 bits per heavy atom. The third kappa shape index (κ3) is 1.65. The first-order valence-corrected chi connectivity index (χ1v) is 5.57. The van der Waals surface area contributed by atoms with Gasteiger partial charge in [-0.15, -0.1) is 0 Å². The smallest absolute Gasteiger partial charge is 0.273 e. The van der Waals surface area contributed by atoms with Crippen LogP contribution >= 0.6 is 0 Å². The van der Waals surface area contributed by atoms with E-state index < -0.39 is 0 Å². The highest BCUT2D eigenvalue weighted by atomic mass is 16.5. The Bertz CT molecular complexity index is 386. The number of aryl methyl sites for hydroxylation is 1. The van der Waals surface area contributed by atoms with E-state index in [4.69, 9.17) is 4.74 Å². The Balaban J connectivity index is 1.79. The summed E-state index contributed by atoms with van der Waals surface area (Å²) >= 11 is 0. The van der Waals surface area contributed by atoms with Crippen molar-refractivity contribution in [1.29, 1.82) is 0 Å². The number of hydrogen-bond acceptors (Lipinski definition) is 2. The van der Waals surface area contributed by atoms with E-state index in [0.717, 1.165) is 13.0 Å². The normalized spacial score (nSPS) is 28.5. The van der Waals surface area contributed by atoms with Crippen LogP contribution in [-0.4, -0.2) is 19.0 Å². The molecule has 0 spiro atoms. The molecule has 2 unspecified atom stereocenters. The first kappa shape index (κ1) is 8.96. The first-order valence-electron chi connectivity index (χ1n) is 5.57. The van der Waals surface area contributed by atoms with Gasteiger partial charge in [-0.2, -0.15) is 0 Å². The molecule has 0 N–H and O–H groups in total. The third-order valence-electron chi connectivity index (χ3n) is 3.47. The summed E-state index contributed by atoms with van der Waals surface area (Å²) in [6, 6.07) is 9.08. The van der Waals surface area contributed by atoms with Crippen LogP contribution in [-0.2, 0) is 17.6 Å². The molecule has 77 valence electrons. The van der Waals surface area contributed by atoms with Gasteiger partial charge in [0.05, 0.1) is 6.04 Å². The second kappa shape index (κ2) is 3.69. The summed E-state index contributed by atoms with van der Waals surface area (Å²) in [5.74, 6) is 0.648. The van der Waals surface area contributed by atoms with Gasteiger partial charge in [-0.1, -0.05) is 24.3 Å². The van der Waals surface area contributed by atoms with Gasteiger partial charge < -0.3 is 4.74 Å². The average molecular weight is 200 g/mol. The second-order valence-corrected chi connectivity index (χ2v) is 4.37. The maximum Gasteiger partial charge on any atom is 0.273 e. The molecule has 3 rings (SSSR count). The summed E-state index contributed by atoms with van der Waals surface area (Å²) in [6.45, 7) is 0.729. The van der Waals surface area contributed by atoms with Crippen LogP contribution in [0.3, 0.4) is 0 Å². The number of ether oxygens (including phenoxy) is 1. The van der Waals surface area contributed by atoms with Crippen molar-refractivity contribution < 1.29 is 4.74 Å². The molecule has 0 bridgehead atoms. The van der Waals surface area contributed by atoms with Crippen LogP contribution in [0.25, 0.3) is 0 Å². The van der Waals surface area contributed by atoms with Crippen LogP contribution in [0.1, 0.15) is 17.5 Å². The molecular weight excluding hydrogens is 186 g/mol. The van der Waals surface area contributed by atoms with E-state index in [1.807, 2.05) is 0 Å². The van der Waals surface area contributed by atoms with E-state index >= 15 is 0 Å². The van der Waals surface area contributed by atoms with E-state index in [1.54, 1.807) is 0 Å². The van der Waals surface area contributed by atoms with Crippen LogP contribution in [0.5, 0.6) is 0 Å². The van der Waals surface area contributed by atoms with Gasteiger partial charge in [0.1, 0.15) is 6.61 Å². The molecule has 1 aromatic carbocycles. The highest BCUT2D eigenvalue weighted by Crippen LogP contribution is 2.29. The summed E-state index contributed by atoms with van der Waals surface area (Å²) in [7, 11) is 0. The fourth-order valence-electron chi connectivity index (χ4n) is 2.56. The zero-order chi connectivity index (χ0) is 10.1. The van der Waals surface area contributed by atoms with Crippen LogP contribution in [0.2, 0.25) is 0 Å². The summed E-state index contributed by atoms with van der Waals surface area (Å²) in [5.41, 5.74) is 3.01. The molecule has 0 saturated heterocycles. The van der Waals surface area contributed by atoms with Gasteiger partial charge in [0.2, 0.25) is 0 Å². The quantitative estimate of drug-likeness (QED) is 0.680. The lowest BCUT2D eigenvalue weighted by Crippen LogP contribution is -2.26. The van der Waals surface area contributed by atoms with Crippen molar-refractivity contribution >= 4 is 6.40 Å². The molecule has 1 heterocycles. The standard InChI is InChI=1S/C13H14NO/c1-2-4-11-7-12(6-5-10(11)3-1)13-8-15-9-14-13/h1-4,12-13H,5-8H2. The Hall–Kier alpha value is -1.31. The van der Waals surface area contributed by atoms with Crippen molar-refractivity contribution in [3.05, 3.63) is 35.4 Å². The maximum absolute atomic E-state index is 5.08. The molecule has 2 nitrogen and oxygen atoms in total. The largest absolute Gasteiger partial charge is 0.472 e. The molecule has 1 aromatic rings. The van der Waals surface area contributed by atoms with Gasteiger partial charge in [-0.3, -0.25) is 0 Å². The van der Waals surface area contributed by atoms with E-state index in [0.29, 0.717) is 12.0 Å². The second-order valence-electron chi connectivity index (χ2n) is 4.37. The highest BCUT2D eigenvalue weighted by Gasteiger charge is 2.27. The number of nitrogens with zero attached hydrogens (tertiary/aromatic N) is 1. The van der Waals surface area contributed by atoms with Crippen molar-refractivity contribution in [3.8, 4) is 0 Å². The zero-order valence-electron chi connectivity index (χ0n) is 8.65. The first-order chi connectivity index (χ1) is 7.43. The summed E-state index contributed by atoms with van der Waals surface area (Å²) in [5, 5.41) is 0. The fourth-order valence-corrected chi connectivity index (χ4v) is 2.56. The number of aliphatic imine (C=N–C) groups is 1. The predicted octanol–water partition coefficient (Wildman–Crippen LogP) is 2.10. The lowest BCUT2D eigenvalue weighted by molar-refractivity contribution is 0.270. The Morgan fingerprint density at radius 2 is 2.13 bits per heavy atom. The maximum atomic E-state index is 5.08. The van der Waals surface area contributed by atoms with Gasteiger partial charge in [0.25, 0.3) is 6.40 Å². The summed E-state index contributed by atoms with van der Waals surface area (Å²) in [4.78, 5) is 4.26. The van der Waals surface area contributed by atoms with Crippen molar-refractivity contribution in [2.24, 2.45) is 10.9 Å². The minimum absolute atomic E-state index is 0.346. The SMILES string of the molecule is [C]1=NC(C2CCc3ccccc3C2)CO1. The molecule has 2 aliphatic rings. The number of rotatable bonds is 1. The lowest BCUT2D eigenvalue weighted by atomic mass is 9.80. The number of benzene rings is 1. The van der Waals surface area contributed by atoms with Gasteiger partial charge in [-0.25, -0.2) is 4.99 Å². The van der Waals surface area contributed by atoms with Crippen molar-refractivity contribution in [3.63, 3.8) is 0 Å². The van der Waals surface area contributed by atoms with E-state index in [9.17, 15) is 0 Å². The zero-order valence-corrected chi connectivity index (χ0v) is 8.65. The average Bonchev–Trinajstić information content (AvgIpc) is 2.82. The molecule has 2 atom stereocenters. The third-order valence-corrected chi connectivity index (χ3v) is 3.47. The molecule has 0 saturated carbocycles. The topological polar surface area (TPSA) is 21.6 Å². The molecule has 1 aliphatic heterocycles. The van der Waals surface area contributed by atoms with Gasteiger partial charge >= 0.3 is 0 Å². The molecule has 1 radical (unpaired) electrons. The molecule has 1 aliphatic carbocycles. The van der Waals surface area contributed by atoms with E-state index in [-0.39, 0.29) is 0 Å². The molecule has 15 heavy (non-hydrogen) atoms. The highest BCUT2D eigenvalue weighted by molar-refractivity contribution is 5.49. The van der Waals surface area contributed by atoms with Crippen LogP contribution < -0.4 is 0 Å². The lowest BCUT2D eigenvalue weighted by Gasteiger charge is -2.26. The Labute approximate surface area is 90.0 Å². The summed E-state index contributed by atoms with van der Waals surface area (Å²) < 4.78 is 5.08. The Morgan fingerprint density at radius 1 is 1.27 bits per heavy atom. The molecule has 0 aromatic heterocycles. The number of hydrogen-bond donors (Lipinski definition) is 0. The van der Waals surface area contributed by atoms with Crippen LogP contribution in [0.15, 0.2) is 29.3 Å². The number of fused-ring (bicyclic) bond motifs is 1. The molecule has 0 amide bonds. The minimum Gasteiger partial charge on any atom is -0.472 e. The minimum atomic E-state index is 0.346. The fraction of sp³-hybridized carbons (Fsp3) is 0.462. The predicted molar refractivity (Wildman–Crippen MR) is 59.1 cm³/mol. The van der Waals surface area contributed by atoms with Crippen molar-refractivity contribution in [2.45, 2.75) is 25.3 Å². The molecule has 0 fully saturated rings. The van der Waals surface area contributed by atoms with Gasteiger partial charge in [0.15, 0.2) is 0 Å².